The molecule has 1 aromatic rings. The summed E-state index contributed by atoms with van der Waals surface area (Å²) in [5.74, 6) is 1.99. The van der Waals surface area contributed by atoms with Crippen LogP contribution in [0.25, 0.3) is 0 Å². The molecule has 0 bridgehead atoms. The van der Waals surface area contributed by atoms with Crippen LogP contribution in [0.4, 0.5) is 0 Å². The smallest absolute Gasteiger partial charge is 0.0302 e. The van der Waals surface area contributed by atoms with Crippen LogP contribution in [-0.4, -0.2) is 12.3 Å². The number of hydrogen-bond acceptors (Lipinski definition) is 2. The lowest BCUT2D eigenvalue weighted by Gasteiger charge is -2.15. The molecule has 0 radical (unpaired) electrons. The van der Waals surface area contributed by atoms with Crippen molar-refractivity contribution < 1.29 is 0 Å². The second kappa shape index (κ2) is 8.23. The van der Waals surface area contributed by atoms with Crippen LogP contribution in [0, 0.1) is 5.92 Å². The van der Waals surface area contributed by atoms with Crippen molar-refractivity contribution in [3.05, 3.63) is 28.2 Å². The van der Waals surface area contributed by atoms with Crippen molar-refractivity contribution in [2.45, 2.75) is 45.1 Å². The zero-order valence-corrected chi connectivity index (χ0v) is 14.2. The number of halogens is 1. The molecule has 1 aromatic carbocycles. The third kappa shape index (κ3) is 5.33. The lowest BCUT2D eigenvalue weighted by molar-refractivity contribution is 0.595. The van der Waals surface area contributed by atoms with Crippen molar-refractivity contribution in [1.82, 2.24) is 5.32 Å². The molecule has 1 nitrogen and oxygen atoms in total. The van der Waals surface area contributed by atoms with E-state index in [1.807, 2.05) is 11.8 Å². The summed E-state index contributed by atoms with van der Waals surface area (Å²) in [5.41, 5.74) is 1.34. The molecule has 0 aliphatic carbocycles. The molecule has 0 saturated carbocycles. The maximum atomic E-state index is 3.69. The third-order valence-corrected chi connectivity index (χ3v) is 4.63. The molecule has 0 amide bonds. The zero-order valence-electron chi connectivity index (χ0n) is 11.8. The summed E-state index contributed by atoms with van der Waals surface area (Å²) >= 11 is 5.63. The van der Waals surface area contributed by atoms with Gasteiger partial charge in [0.15, 0.2) is 0 Å². The Morgan fingerprint density at radius 3 is 2.56 bits per heavy atom. The van der Waals surface area contributed by atoms with Gasteiger partial charge in [-0.2, -0.15) is 0 Å². The van der Waals surface area contributed by atoms with Crippen LogP contribution in [0.5, 0.6) is 0 Å². The Labute approximate surface area is 124 Å². The average molecular weight is 330 g/mol. The lowest BCUT2D eigenvalue weighted by atomic mass is 10.1. The Morgan fingerprint density at radius 1 is 1.28 bits per heavy atom. The van der Waals surface area contributed by atoms with Crippen LogP contribution in [0.15, 0.2) is 27.6 Å². The van der Waals surface area contributed by atoms with E-state index in [-0.39, 0.29) is 0 Å². The molecular formula is C15H24BrNS. The lowest BCUT2D eigenvalue weighted by Crippen LogP contribution is -2.18. The van der Waals surface area contributed by atoms with Crippen LogP contribution in [0.3, 0.4) is 0 Å². The van der Waals surface area contributed by atoms with Gasteiger partial charge >= 0.3 is 0 Å². The van der Waals surface area contributed by atoms with Crippen LogP contribution in [-0.2, 0) is 0 Å². The van der Waals surface area contributed by atoms with E-state index in [9.17, 15) is 0 Å². The van der Waals surface area contributed by atoms with Crippen LogP contribution in [0.1, 0.15) is 45.7 Å². The summed E-state index contributed by atoms with van der Waals surface area (Å²) in [4.78, 5) is 1.36. The number of hydrogen-bond donors (Lipinski definition) is 1. The molecule has 1 rings (SSSR count). The normalized spacial score (nSPS) is 13.0. The molecule has 102 valence electrons. The van der Waals surface area contributed by atoms with Gasteiger partial charge in [0.2, 0.25) is 0 Å². The Bertz CT molecular complexity index is 366. The van der Waals surface area contributed by atoms with Crippen molar-refractivity contribution in [2.75, 3.05) is 12.3 Å². The predicted octanol–water partition coefficient (Wildman–Crippen LogP) is 5.26. The maximum Gasteiger partial charge on any atom is 0.0302 e. The molecule has 1 unspecified atom stereocenters. The highest BCUT2D eigenvalue weighted by Crippen LogP contribution is 2.29. The molecule has 0 aliphatic rings. The molecule has 0 spiro atoms. The highest BCUT2D eigenvalue weighted by Gasteiger charge is 2.08. The van der Waals surface area contributed by atoms with Gasteiger partial charge in [-0.05, 0) is 49.3 Å². The van der Waals surface area contributed by atoms with Crippen molar-refractivity contribution in [3.8, 4) is 0 Å². The molecule has 18 heavy (non-hydrogen) atoms. The molecule has 0 fully saturated rings. The summed E-state index contributed by atoms with van der Waals surface area (Å²) in [5, 5.41) is 3.44. The van der Waals surface area contributed by atoms with Crippen molar-refractivity contribution in [2.24, 2.45) is 5.92 Å². The number of nitrogens with one attached hydrogen (secondary N) is 1. The fraction of sp³-hybridized carbons (Fsp3) is 0.600. The molecule has 3 heteroatoms. The minimum atomic E-state index is 0.402. The molecule has 0 aromatic heterocycles. The Hall–Kier alpha value is 0.01000. The maximum absolute atomic E-state index is 3.69. The Morgan fingerprint density at radius 2 is 2.00 bits per heavy atom. The van der Waals surface area contributed by atoms with E-state index in [2.05, 4.69) is 67.1 Å². The number of thioether (sulfide) groups is 1. The van der Waals surface area contributed by atoms with Gasteiger partial charge < -0.3 is 5.32 Å². The first-order valence-corrected chi connectivity index (χ1v) is 8.48. The van der Waals surface area contributed by atoms with E-state index in [0.29, 0.717) is 6.04 Å². The van der Waals surface area contributed by atoms with E-state index in [1.165, 1.54) is 27.1 Å². The summed E-state index contributed by atoms with van der Waals surface area (Å²) in [6.45, 7) is 9.89. The molecular weight excluding hydrogens is 306 g/mol. The van der Waals surface area contributed by atoms with E-state index in [0.717, 1.165) is 12.5 Å². The van der Waals surface area contributed by atoms with Crippen molar-refractivity contribution >= 4 is 27.7 Å². The fourth-order valence-corrected chi connectivity index (χ4v) is 3.84. The van der Waals surface area contributed by atoms with Crippen LogP contribution >= 0.6 is 27.7 Å². The fourth-order valence-electron chi connectivity index (χ4n) is 1.78. The highest BCUT2D eigenvalue weighted by atomic mass is 79.9. The topological polar surface area (TPSA) is 12.0 Å². The quantitative estimate of drug-likeness (QED) is 0.685. The Kier molecular flexibility index (Phi) is 7.35. The van der Waals surface area contributed by atoms with Gasteiger partial charge in [0.25, 0.3) is 0 Å². The summed E-state index contributed by atoms with van der Waals surface area (Å²) in [7, 11) is 0. The van der Waals surface area contributed by atoms with E-state index < -0.39 is 0 Å². The second-order valence-electron chi connectivity index (χ2n) is 4.99. The van der Waals surface area contributed by atoms with Gasteiger partial charge in [0.05, 0.1) is 0 Å². The first-order chi connectivity index (χ1) is 8.54. The molecule has 1 atom stereocenters. The van der Waals surface area contributed by atoms with E-state index in [4.69, 9.17) is 0 Å². The van der Waals surface area contributed by atoms with Crippen molar-refractivity contribution in [3.63, 3.8) is 0 Å². The monoisotopic (exact) mass is 329 g/mol. The first-order valence-electron chi connectivity index (χ1n) is 6.70. The minimum Gasteiger partial charge on any atom is -0.310 e. The van der Waals surface area contributed by atoms with Crippen molar-refractivity contribution in [1.29, 1.82) is 0 Å². The summed E-state index contributed by atoms with van der Waals surface area (Å²) < 4.78 is 1.21. The minimum absolute atomic E-state index is 0.402. The standard InChI is InChI=1S/C15H24BrNS/c1-5-17-12(4)14-7-6-13(10-15(14)16)18-9-8-11(2)3/h6-7,10-12,17H,5,8-9H2,1-4H3. The molecule has 1 N–H and O–H groups in total. The summed E-state index contributed by atoms with van der Waals surface area (Å²) in [6, 6.07) is 7.11. The van der Waals surface area contributed by atoms with Gasteiger partial charge in [-0.15, -0.1) is 11.8 Å². The van der Waals surface area contributed by atoms with E-state index in [1.54, 1.807) is 0 Å². The van der Waals surface area contributed by atoms with Gasteiger partial charge in [-0.3, -0.25) is 0 Å². The number of benzene rings is 1. The average Bonchev–Trinajstić information content (AvgIpc) is 2.28. The highest BCUT2D eigenvalue weighted by molar-refractivity contribution is 9.10. The molecule has 0 heterocycles. The van der Waals surface area contributed by atoms with Gasteiger partial charge in [0.1, 0.15) is 0 Å². The van der Waals surface area contributed by atoms with Gasteiger partial charge in [0, 0.05) is 15.4 Å². The predicted molar refractivity (Wildman–Crippen MR) is 86.4 cm³/mol. The van der Waals surface area contributed by atoms with Crippen LogP contribution in [0.2, 0.25) is 0 Å². The van der Waals surface area contributed by atoms with Gasteiger partial charge in [-0.25, -0.2) is 0 Å². The third-order valence-electron chi connectivity index (χ3n) is 2.91. The van der Waals surface area contributed by atoms with Gasteiger partial charge in [-0.1, -0.05) is 42.8 Å². The SMILES string of the molecule is CCNC(C)c1ccc(SCCC(C)C)cc1Br. The second-order valence-corrected chi connectivity index (χ2v) is 7.02. The van der Waals surface area contributed by atoms with Crippen LogP contribution < -0.4 is 5.32 Å². The largest absolute Gasteiger partial charge is 0.310 e. The number of rotatable bonds is 7. The van der Waals surface area contributed by atoms with E-state index >= 15 is 0 Å². The first kappa shape index (κ1) is 16.1. The summed E-state index contributed by atoms with van der Waals surface area (Å²) in [6.07, 6.45) is 1.28. The molecule has 0 aliphatic heterocycles. The Balaban J connectivity index is 2.61. The zero-order chi connectivity index (χ0) is 13.5. The molecule has 0 saturated heterocycles.